The van der Waals surface area contributed by atoms with E-state index in [4.69, 9.17) is 5.73 Å². The fourth-order valence-corrected chi connectivity index (χ4v) is 2.43. The highest BCUT2D eigenvalue weighted by molar-refractivity contribution is 6.03. The fourth-order valence-electron chi connectivity index (χ4n) is 2.43. The van der Waals surface area contributed by atoms with Crippen molar-refractivity contribution in [1.82, 2.24) is 24.3 Å². The molecule has 0 radical (unpaired) electrons. The Morgan fingerprint density at radius 1 is 1.20 bits per heavy atom. The number of nitrogen functional groups attached to an aromatic ring is 1. The molecule has 0 unspecified atom stereocenters. The molecule has 0 fully saturated rings. The minimum atomic E-state index is -0.386. The van der Waals surface area contributed by atoms with Crippen molar-refractivity contribution in [3.63, 3.8) is 0 Å². The van der Waals surface area contributed by atoms with E-state index in [1.54, 1.807) is 41.7 Å². The topological polar surface area (TPSA) is 110 Å². The molecule has 2 heterocycles. The Morgan fingerprint density at radius 2 is 1.92 bits per heavy atom. The minimum absolute atomic E-state index is 0.178. The van der Waals surface area contributed by atoms with Gasteiger partial charge in [-0.2, -0.15) is 0 Å². The molecule has 0 saturated carbocycles. The summed E-state index contributed by atoms with van der Waals surface area (Å²) in [7, 11) is 7.42. The van der Waals surface area contributed by atoms with E-state index in [1.807, 2.05) is 14.1 Å². The van der Waals surface area contributed by atoms with Gasteiger partial charge in [-0.1, -0.05) is 0 Å². The highest BCUT2D eigenvalue weighted by Gasteiger charge is 2.16. The molecule has 2 amide bonds. The second-order valence-electron chi connectivity index (χ2n) is 6.19. The summed E-state index contributed by atoms with van der Waals surface area (Å²) in [6.45, 7) is 1.50. The van der Waals surface area contributed by atoms with Gasteiger partial charge < -0.3 is 30.4 Å². The van der Waals surface area contributed by atoms with Crippen LogP contribution in [0.25, 0.3) is 0 Å². The van der Waals surface area contributed by atoms with Gasteiger partial charge in [-0.15, -0.1) is 0 Å². The van der Waals surface area contributed by atoms with Crippen molar-refractivity contribution in [1.29, 1.82) is 0 Å². The van der Waals surface area contributed by atoms with E-state index < -0.39 is 0 Å². The first kappa shape index (κ1) is 18.5. The van der Waals surface area contributed by atoms with Crippen LogP contribution in [0.1, 0.15) is 27.5 Å². The smallest absolute Gasteiger partial charge is 0.291 e. The van der Waals surface area contributed by atoms with E-state index in [0.717, 1.165) is 13.0 Å². The molecule has 0 spiro atoms. The third-order valence-electron chi connectivity index (χ3n) is 3.66. The van der Waals surface area contributed by atoms with E-state index in [1.165, 1.54) is 0 Å². The molecular formula is C16H25N7O2. The normalized spacial score (nSPS) is 10.9. The lowest BCUT2D eigenvalue weighted by molar-refractivity contribution is 0.0943. The lowest BCUT2D eigenvalue weighted by Crippen LogP contribution is -2.28. The summed E-state index contributed by atoms with van der Waals surface area (Å²) in [5.74, 6) is -0.0831. The zero-order chi connectivity index (χ0) is 18.6. The van der Waals surface area contributed by atoms with E-state index in [9.17, 15) is 9.59 Å². The molecule has 2 aromatic heterocycles. The molecule has 0 aliphatic rings. The number of amides is 2. The Balaban J connectivity index is 1.98. The van der Waals surface area contributed by atoms with Crippen LogP contribution in [0, 0.1) is 0 Å². The lowest BCUT2D eigenvalue weighted by Gasteiger charge is -2.10. The van der Waals surface area contributed by atoms with Gasteiger partial charge in [-0.3, -0.25) is 9.59 Å². The number of nitrogens with two attached hydrogens (primary N) is 1. The number of nitrogens with one attached hydrogen (secondary N) is 2. The monoisotopic (exact) mass is 347 g/mol. The van der Waals surface area contributed by atoms with Gasteiger partial charge in [-0.25, -0.2) is 4.98 Å². The average Bonchev–Trinajstić information content (AvgIpc) is 3.05. The van der Waals surface area contributed by atoms with Crippen LogP contribution in [0.3, 0.4) is 0 Å². The van der Waals surface area contributed by atoms with Gasteiger partial charge in [0.15, 0.2) is 0 Å². The molecule has 0 saturated heterocycles. The Morgan fingerprint density at radius 3 is 2.52 bits per heavy atom. The Kier molecular flexibility index (Phi) is 5.81. The maximum atomic E-state index is 12.2. The molecule has 0 atom stereocenters. The molecule has 2 aromatic rings. The highest BCUT2D eigenvalue weighted by atomic mass is 16.2. The molecular weight excluding hydrogens is 322 g/mol. The molecule has 0 aromatic carbocycles. The van der Waals surface area contributed by atoms with Gasteiger partial charge >= 0.3 is 0 Å². The van der Waals surface area contributed by atoms with Crippen molar-refractivity contribution in [2.75, 3.05) is 38.2 Å². The van der Waals surface area contributed by atoms with Crippen LogP contribution in [0.4, 0.5) is 11.5 Å². The molecule has 0 bridgehead atoms. The predicted octanol–water partition coefficient (Wildman–Crippen LogP) is 0.275. The molecule has 4 N–H and O–H groups in total. The van der Waals surface area contributed by atoms with Crippen molar-refractivity contribution < 1.29 is 9.59 Å². The van der Waals surface area contributed by atoms with E-state index >= 15 is 0 Å². The van der Waals surface area contributed by atoms with Crippen LogP contribution in [-0.4, -0.2) is 58.0 Å². The van der Waals surface area contributed by atoms with Crippen LogP contribution < -0.4 is 16.4 Å². The Labute approximate surface area is 146 Å². The van der Waals surface area contributed by atoms with Gasteiger partial charge in [0.05, 0.1) is 5.69 Å². The molecule has 2 rings (SSSR count). The third-order valence-corrected chi connectivity index (χ3v) is 3.66. The molecule has 0 aliphatic carbocycles. The standard InChI is InChI=1S/C16H25N7O2/c1-21(2)7-5-6-18-15(24)12-8-11(9-22(12)3)19-16(25)14-20-13(17)10-23(14)4/h8-10H,5-7,17H2,1-4H3,(H,18,24)(H,19,25). The molecule has 25 heavy (non-hydrogen) atoms. The van der Waals surface area contributed by atoms with E-state index in [2.05, 4.69) is 20.5 Å². The maximum absolute atomic E-state index is 12.2. The number of carbonyl (C=O) groups is 2. The van der Waals surface area contributed by atoms with Crippen molar-refractivity contribution in [2.45, 2.75) is 6.42 Å². The molecule has 9 nitrogen and oxygen atoms in total. The van der Waals surface area contributed by atoms with Gasteiger partial charge in [-0.05, 0) is 33.1 Å². The zero-order valence-corrected chi connectivity index (χ0v) is 15.0. The summed E-state index contributed by atoms with van der Waals surface area (Å²) < 4.78 is 3.22. The van der Waals surface area contributed by atoms with Gasteiger partial charge in [0, 0.05) is 33.0 Å². The summed E-state index contributed by atoms with van der Waals surface area (Å²) in [6, 6.07) is 1.63. The van der Waals surface area contributed by atoms with E-state index in [-0.39, 0.29) is 23.5 Å². The predicted molar refractivity (Wildman–Crippen MR) is 96.5 cm³/mol. The van der Waals surface area contributed by atoms with Crippen molar-refractivity contribution in [2.24, 2.45) is 14.1 Å². The number of aryl methyl sites for hydroxylation is 2. The number of nitrogens with zero attached hydrogens (tertiary/aromatic N) is 4. The first-order valence-electron chi connectivity index (χ1n) is 7.97. The zero-order valence-electron chi connectivity index (χ0n) is 15.0. The number of hydrogen-bond donors (Lipinski definition) is 3. The largest absolute Gasteiger partial charge is 0.382 e. The Hall–Kier alpha value is -2.81. The van der Waals surface area contributed by atoms with Crippen LogP contribution in [0.15, 0.2) is 18.5 Å². The second-order valence-corrected chi connectivity index (χ2v) is 6.19. The van der Waals surface area contributed by atoms with Gasteiger partial charge in [0.25, 0.3) is 11.8 Å². The molecule has 136 valence electrons. The number of imidazole rings is 1. The number of aromatic nitrogens is 3. The van der Waals surface area contributed by atoms with Crippen LogP contribution in [-0.2, 0) is 14.1 Å². The molecule has 0 aliphatic heterocycles. The summed E-state index contributed by atoms with van der Waals surface area (Å²) in [5.41, 5.74) is 6.58. The number of rotatable bonds is 7. The summed E-state index contributed by atoms with van der Waals surface area (Å²) >= 11 is 0. The van der Waals surface area contributed by atoms with E-state index in [0.29, 0.717) is 17.9 Å². The second kappa shape index (κ2) is 7.84. The van der Waals surface area contributed by atoms with Gasteiger partial charge in [0.2, 0.25) is 5.82 Å². The van der Waals surface area contributed by atoms with Crippen molar-refractivity contribution in [3.05, 3.63) is 30.0 Å². The van der Waals surface area contributed by atoms with Crippen molar-refractivity contribution in [3.8, 4) is 0 Å². The SMILES string of the molecule is CN(C)CCCNC(=O)c1cc(NC(=O)c2nc(N)cn2C)cn1C. The maximum Gasteiger partial charge on any atom is 0.291 e. The number of carbonyl (C=O) groups excluding carboxylic acids is 2. The van der Waals surface area contributed by atoms with Crippen LogP contribution in [0.5, 0.6) is 0 Å². The number of anilines is 2. The minimum Gasteiger partial charge on any atom is -0.382 e. The van der Waals surface area contributed by atoms with Crippen molar-refractivity contribution >= 4 is 23.3 Å². The highest BCUT2D eigenvalue weighted by Crippen LogP contribution is 2.14. The van der Waals surface area contributed by atoms with Crippen LogP contribution in [0.2, 0.25) is 0 Å². The van der Waals surface area contributed by atoms with Crippen LogP contribution >= 0.6 is 0 Å². The third kappa shape index (κ3) is 4.83. The summed E-state index contributed by atoms with van der Waals surface area (Å²) in [6.07, 6.45) is 4.11. The Bertz CT molecular complexity index is 761. The first-order chi connectivity index (χ1) is 11.8. The summed E-state index contributed by atoms with van der Waals surface area (Å²) in [5, 5.41) is 5.60. The lowest BCUT2D eigenvalue weighted by atomic mass is 10.3. The fraction of sp³-hybridized carbons (Fsp3) is 0.438. The first-order valence-corrected chi connectivity index (χ1v) is 7.97. The summed E-state index contributed by atoms with van der Waals surface area (Å²) in [4.78, 5) is 30.5. The quantitative estimate of drug-likeness (QED) is 0.623. The van der Waals surface area contributed by atoms with Gasteiger partial charge in [0.1, 0.15) is 11.5 Å². The average molecular weight is 347 g/mol. The number of hydrogen-bond acceptors (Lipinski definition) is 5. The molecule has 9 heteroatoms.